The highest BCUT2D eigenvalue weighted by atomic mass is 15.2. The average molecular weight is 530 g/mol. The van der Waals surface area contributed by atoms with Gasteiger partial charge in [0.05, 0.1) is 0 Å². The summed E-state index contributed by atoms with van der Waals surface area (Å²) in [5.74, 6) is 6.86. The van der Waals surface area contributed by atoms with E-state index >= 15 is 0 Å². The van der Waals surface area contributed by atoms with Crippen LogP contribution in [0.5, 0.6) is 0 Å². The van der Waals surface area contributed by atoms with E-state index in [9.17, 15) is 0 Å². The second kappa shape index (κ2) is 45.0. The van der Waals surface area contributed by atoms with Crippen LogP contribution in [0.2, 0.25) is 0 Å². The fourth-order valence-electron chi connectivity index (χ4n) is 2.59. The normalized spacial score (nSPS) is 9.32. The van der Waals surface area contributed by atoms with Gasteiger partial charge in [-0.2, -0.15) is 5.84 Å². The molecule has 2 radical (unpaired) electrons. The molecule has 0 spiro atoms. The van der Waals surface area contributed by atoms with E-state index in [0.29, 0.717) is 0 Å². The molecule has 1 aromatic rings. The molecule has 222 valence electrons. The van der Waals surface area contributed by atoms with Crippen LogP contribution in [-0.2, 0) is 6.42 Å². The Hall–Kier alpha value is -1.94. The summed E-state index contributed by atoms with van der Waals surface area (Å²) in [5, 5.41) is 3.05. The SMILES string of the molecule is C/C=C(\C)CNC.C=CC(=C)CCCCCC.CCCCC(C)C.CCc1ccccc1.CN[NH].[CH2]C=C. The van der Waals surface area contributed by atoms with Crippen molar-refractivity contribution in [2.45, 2.75) is 106 Å². The Morgan fingerprint density at radius 3 is 1.71 bits per heavy atom. The van der Waals surface area contributed by atoms with Crippen LogP contribution >= 0.6 is 0 Å². The van der Waals surface area contributed by atoms with Crippen LogP contribution in [0.1, 0.15) is 105 Å². The van der Waals surface area contributed by atoms with Crippen LogP contribution in [0, 0.1) is 12.8 Å². The van der Waals surface area contributed by atoms with Gasteiger partial charge in [0.1, 0.15) is 0 Å². The van der Waals surface area contributed by atoms with E-state index in [0.717, 1.165) is 25.3 Å². The molecule has 0 fully saturated rings. The first-order valence-corrected chi connectivity index (χ1v) is 14.5. The molecule has 0 atom stereocenters. The van der Waals surface area contributed by atoms with Crippen molar-refractivity contribution in [3.63, 3.8) is 0 Å². The molecule has 0 heterocycles. The number of nitrogens with one attached hydrogen (secondary N) is 3. The molecule has 3 nitrogen and oxygen atoms in total. The molecule has 1 aromatic carbocycles. The summed E-state index contributed by atoms with van der Waals surface area (Å²) in [7, 11) is 3.49. The van der Waals surface area contributed by atoms with E-state index in [4.69, 9.17) is 5.84 Å². The van der Waals surface area contributed by atoms with E-state index < -0.39 is 0 Å². The third kappa shape index (κ3) is 59.3. The minimum absolute atomic E-state index is 0.903. The minimum Gasteiger partial charge on any atom is -0.316 e. The Balaban J connectivity index is -0.000000120. The molecule has 0 unspecified atom stereocenters. The zero-order chi connectivity index (χ0) is 30.5. The average Bonchev–Trinajstić information content (AvgIpc) is 2.92. The van der Waals surface area contributed by atoms with Gasteiger partial charge >= 0.3 is 0 Å². The molecule has 0 aliphatic carbocycles. The first kappa shape index (κ1) is 45.9. The van der Waals surface area contributed by atoms with Crippen molar-refractivity contribution in [1.82, 2.24) is 16.6 Å². The molecule has 0 bridgehead atoms. The second-order valence-electron chi connectivity index (χ2n) is 9.25. The van der Waals surface area contributed by atoms with Crippen molar-refractivity contribution in [3.05, 3.63) is 91.9 Å². The van der Waals surface area contributed by atoms with Gasteiger partial charge in [-0.05, 0) is 65.6 Å². The van der Waals surface area contributed by atoms with Crippen molar-refractivity contribution >= 4 is 0 Å². The maximum atomic E-state index is 5.96. The molecule has 0 aliphatic heterocycles. The van der Waals surface area contributed by atoms with Crippen LogP contribution in [0.3, 0.4) is 0 Å². The number of hydrogen-bond acceptors (Lipinski definition) is 2. The molecule has 3 N–H and O–H groups in total. The number of benzene rings is 1. The summed E-state index contributed by atoms with van der Waals surface area (Å²) in [6.45, 7) is 30.4. The molecule has 0 aliphatic rings. The third-order valence-electron chi connectivity index (χ3n) is 4.97. The largest absolute Gasteiger partial charge is 0.316 e. The van der Waals surface area contributed by atoms with Gasteiger partial charge < -0.3 is 5.32 Å². The number of hydrogen-bond donors (Lipinski definition) is 2. The van der Waals surface area contributed by atoms with E-state index in [1.807, 2.05) is 31.5 Å². The van der Waals surface area contributed by atoms with E-state index in [1.165, 1.54) is 67.7 Å². The standard InChI is InChI=1S/C10H18.C8H10.C7H16.C6H13N.C3H5.CH5N2/c1-4-6-7-8-9-10(3)5-2;1-2-8-6-4-3-5-7-8;1-4-5-6-7(2)3;1-4-6(2)5-7-3;2*1-3-2/h5H,2-4,6-9H2,1H3;3-7H,2H2,1H3;7H,4-6H2,1-3H3;4,7H,5H2,1-3H3;3H,1-2H2;2-3H,1H3/b;;;6-4+;;. The number of likely N-dealkylation sites (N-methyl/N-ethyl adjacent to an activating group) is 1. The summed E-state index contributed by atoms with van der Waals surface area (Å²) in [5.41, 5.74) is 5.98. The van der Waals surface area contributed by atoms with Crippen molar-refractivity contribution in [2.75, 3.05) is 20.6 Å². The Morgan fingerprint density at radius 2 is 1.45 bits per heavy atom. The van der Waals surface area contributed by atoms with Crippen molar-refractivity contribution < 1.29 is 0 Å². The quantitative estimate of drug-likeness (QED) is 0.122. The maximum Gasteiger partial charge on any atom is 0.0158 e. The van der Waals surface area contributed by atoms with E-state index in [2.05, 4.69) is 104 Å². The molecule has 0 saturated carbocycles. The molecule has 38 heavy (non-hydrogen) atoms. The highest BCUT2D eigenvalue weighted by Gasteiger charge is 1.89. The summed E-state index contributed by atoms with van der Waals surface area (Å²) in [4.78, 5) is 0. The van der Waals surface area contributed by atoms with E-state index in [-0.39, 0.29) is 0 Å². The van der Waals surface area contributed by atoms with Gasteiger partial charge in [-0.15, -0.1) is 6.58 Å². The van der Waals surface area contributed by atoms with Gasteiger partial charge in [0, 0.05) is 6.54 Å². The van der Waals surface area contributed by atoms with Gasteiger partial charge in [-0.3, -0.25) is 0 Å². The maximum absolute atomic E-state index is 5.96. The number of rotatable bonds is 12. The predicted molar refractivity (Wildman–Crippen MR) is 179 cm³/mol. The summed E-state index contributed by atoms with van der Waals surface area (Å²) in [6.07, 6.45) is 17.1. The monoisotopic (exact) mass is 530 g/mol. The fraction of sp³-hybridized carbons (Fsp3) is 0.571. The smallest absolute Gasteiger partial charge is 0.0158 e. The first-order chi connectivity index (χ1) is 18.1. The summed E-state index contributed by atoms with van der Waals surface area (Å²) < 4.78 is 0. The van der Waals surface area contributed by atoms with Crippen molar-refractivity contribution in [2.24, 2.45) is 5.92 Å². The highest BCUT2D eigenvalue weighted by molar-refractivity contribution is 5.13. The van der Waals surface area contributed by atoms with Crippen molar-refractivity contribution in [3.8, 4) is 0 Å². The Bertz CT molecular complexity index is 588. The second-order valence-corrected chi connectivity index (χ2v) is 9.25. The molecule has 0 amide bonds. The molecular formula is C35H67N3. The number of unbranched alkanes of at least 4 members (excludes halogenated alkanes) is 4. The van der Waals surface area contributed by atoms with E-state index in [1.54, 1.807) is 7.05 Å². The van der Waals surface area contributed by atoms with Crippen LogP contribution in [0.4, 0.5) is 0 Å². The van der Waals surface area contributed by atoms with Crippen LogP contribution in [-0.4, -0.2) is 20.6 Å². The summed E-state index contributed by atoms with van der Waals surface area (Å²) >= 11 is 0. The van der Waals surface area contributed by atoms with Gasteiger partial charge in [-0.25, -0.2) is 5.43 Å². The number of aryl methyl sites for hydroxylation is 1. The Morgan fingerprint density at radius 1 is 0.947 bits per heavy atom. The number of allylic oxidation sites excluding steroid dienone is 4. The lowest BCUT2D eigenvalue weighted by Crippen LogP contribution is -2.07. The van der Waals surface area contributed by atoms with Crippen LogP contribution in [0.25, 0.3) is 0 Å². The Labute approximate surface area is 241 Å². The molecule has 0 aromatic heterocycles. The Kier molecular flexibility index (Phi) is 54.4. The fourth-order valence-corrected chi connectivity index (χ4v) is 2.59. The van der Waals surface area contributed by atoms with Gasteiger partial charge in [-0.1, -0.05) is 146 Å². The third-order valence-corrected chi connectivity index (χ3v) is 4.97. The van der Waals surface area contributed by atoms with Gasteiger partial charge in [0.2, 0.25) is 0 Å². The van der Waals surface area contributed by atoms with Gasteiger partial charge in [0.25, 0.3) is 0 Å². The molecule has 1 rings (SSSR count). The predicted octanol–water partition coefficient (Wildman–Crippen LogP) is 10.4. The lowest BCUT2D eigenvalue weighted by molar-refractivity contribution is 0.550. The first-order valence-electron chi connectivity index (χ1n) is 14.5. The minimum atomic E-state index is 0.903. The van der Waals surface area contributed by atoms with Crippen LogP contribution < -0.4 is 16.6 Å². The topological polar surface area (TPSA) is 47.9 Å². The molecule has 3 heteroatoms. The van der Waals surface area contributed by atoms with Gasteiger partial charge in [0.15, 0.2) is 0 Å². The molecular weight excluding hydrogens is 462 g/mol. The van der Waals surface area contributed by atoms with Crippen molar-refractivity contribution in [1.29, 1.82) is 0 Å². The highest BCUT2D eigenvalue weighted by Crippen LogP contribution is 2.08. The zero-order valence-corrected chi connectivity index (χ0v) is 27.1. The lowest BCUT2D eigenvalue weighted by Gasteiger charge is -1.98. The summed E-state index contributed by atoms with van der Waals surface area (Å²) in [6, 6.07) is 10.5. The van der Waals surface area contributed by atoms with Crippen LogP contribution in [0.15, 0.2) is 79.4 Å². The zero-order valence-electron chi connectivity index (χ0n) is 27.1. The lowest BCUT2D eigenvalue weighted by atomic mass is 10.1. The molecule has 0 saturated heterocycles.